The Bertz CT molecular complexity index is 943. The number of fused-ring (bicyclic) bond motifs is 1. The average Bonchev–Trinajstić information content (AvgIpc) is 2.62. The van der Waals surface area contributed by atoms with Crippen molar-refractivity contribution in [3.8, 4) is 0 Å². The molecule has 0 fully saturated rings. The van der Waals surface area contributed by atoms with Gasteiger partial charge in [-0.05, 0) is 23.8 Å². The first-order valence-corrected chi connectivity index (χ1v) is 8.05. The minimum absolute atomic E-state index is 0.0916. The van der Waals surface area contributed by atoms with Crippen LogP contribution in [0.1, 0.15) is 16.1 Å². The van der Waals surface area contributed by atoms with Gasteiger partial charge in [0.1, 0.15) is 11.7 Å². The van der Waals surface area contributed by atoms with Crippen molar-refractivity contribution in [1.82, 2.24) is 10.3 Å². The molecule has 0 bridgehead atoms. The van der Waals surface area contributed by atoms with E-state index in [2.05, 4.69) is 10.3 Å². The van der Waals surface area contributed by atoms with Crippen LogP contribution in [0.25, 0.3) is 10.9 Å². The molecule has 0 saturated carbocycles. The molecule has 0 radical (unpaired) electrons. The van der Waals surface area contributed by atoms with Gasteiger partial charge in [-0.3, -0.25) is 4.79 Å². The third-order valence-corrected chi connectivity index (χ3v) is 4.19. The van der Waals surface area contributed by atoms with Gasteiger partial charge in [0.2, 0.25) is 0 Å². The van der Waals surface area contributed by atoms with Gasteiger partial charge in [0.25, 0.3) is 5.91 Å². The number of carbonyl (C=O) groups is 2. The highest BCUT2D eigenvalue weighted by molar-refractivity contribution is 6.31. The van der Waals surface area contributed by atoms with E-state index < -0.39 is 17.9 Å². The molecule has 3 rings (SSSR count). The minimum Gasteiger partial charge on any atom is -0.480 e. The van der Waals surface area contributed by atoms with Crippen LogP contribution in [0.2, 0.25) is 5.02 Å². The Morgan fingerprint density at radius 1 is 1.04 bits per heavy atom. The third-order valence-electron chi connectivity index (χ3n) is 3.82. The fourth-order valence-corrected chi connectivity index (χ4v) is 2.72. The highest BCUT2D eigenvalue weighted by atomic mass is 35.5. The molecule has 0 saturated heterocycles. The number of carboxylic acid groups (broad SMARTS) is 1. The van der Waals surface area contributed by atoms with Crippen molar-refractivity contribution in [3.05, 3.63) is 76.9 Å². The van der Waals surface area contributed by atoms with Crippen molar-refractivity contribution in [2.75, 3.05) is 0 Å². The summed E-state index contributed by atoms with van der Waals surface area (Å²) in [6.07, 6.45) is 0.0916. The van der Waals surface area contributed by atoms with Crippen molar-refractivity contribution in [2.45, 2.75) is 12.5 Å². The number of hydrogen-bond acceptors (Lipinski definition) is 3. The smallest absolute Gasteiger partial charge is 0.326 e. The maximum atomic E-state index is 12.4. The van der Waals surface area contributed by atoms with Crippen molar-refractivity contribution >= 4 is 34.4 Å². The zero-order valence-electron chi connectivity index (χ0n) is 13.1. The molecular weight excluding hydrogens is 340 g/mol. The van der Waals surface area contributed by atoms with Gasteiger partial charge in [-0.2, -0.15) is 0 Å². The zero-order chi connectivity index (χ0) is 17.8. The van der Waals surface area contributed by atoms with Gasteiger partial charge in [0.05, 0.1) is 5.52 Å². The SMILES string of the molecule is O=C(N[C@@H](Cc1ccccc1Cl)C(=O)O)c1ccc2ccccc2n1. The summed E-state index contributed by atoms with van der Waals surface area (Å²) in [7, 11) is 0. The van der Waals surface area contributed by atoms with Crippen LogP contribution in [0.15, 0.2) is 60.7 Å². The molecular formula is C19H15ClN2O3. The summed E-state index contributed by atoms with van der Waals surface area (Å²) in [6, 6.07) is 16.6. The van der Waals surface area contributed by atoms with E-state index in [4.69, 9.17) is 11.6 Å². The summed E-state index contributed by atoms with van der Waals surface area (Å²) >= 11 is 6.07. The predicted octanol–water partition coefficient (Wildman–Crippen LogP) is 3.31. The molecule has 1 heterocycles. The predicted molar refractivity (Wildman–Crippen MR) is 95.8 cm³/mol. The van der Waals surface area contributed by atoms with Gasteiger partial charge in [0, 0.05) is 16.8 Å². The number of aromatic nitrogens is 1. The number of halogens is 1. The lowest BCUT2D eigenvalue weighted by Crippen LogP contribution is -2.42. The molecule has 5 nitrogen and oxygen atoms in total. The van der Waals surface area contributed by atoms with Gasteiger partial charge in [0.15, 0.2) is 0 Å². The molecule has 0 aliphatic rings. The molecule has 2 N–H and O–H groups in total. The number of amides is 1. The van der Waals surface area contributed by atoms with E-state index >= 15 is 0 Å². The normalized spacial score (nSPS) is 11.9. The highest BCUT2D eigenvalue weighted by Gasteiger charge is 2.22. The van der Waals surface area contributed by atoms with Crippen LogP contribution in [0.3, 0.4) is 0 Å². The zero-order valence-corrected chi connectivity index (χ0v) is 13.9. The molecule has 126 valence electrons. The van der Waals surface area contributed by atoms with Crippen LogP contribution in [0, 0.1) is 0 Å². The molecule has 1 aromatic heterocycles. The molecule has 0 aliphatic heterocycles. The van der Waals surface area contributed by atoms with Gasteiger partial charge in [-0.15, -0.1) is 0 Å². The number of carbonyl (C=O) groups excluding carboxylic acids is 1. The summed E-state index contributed by atoms with van der Waals surface area (Å²) in [5.41, 5.74) is 1.50. The number of carboxylic acids is 1. The molecule has 0 aliphatic carbocycles. The largest absolute Gasteiger partial charge is 0.480 e. The summed E-state index contributed by atoms with van der Waals surface area (Å²) < 4.78 is 0. The van der Waals surface area contributed by atoms with Crippen molar-refractivity contribution in [3.63, 3.8) is 0 Å². The average molecular weight is 355 g/mol. The standard InChI is InChI=1S/C19H15ClN2O3/c20-14-7-3-1-6-13(14)11-17(19(24)25)22-18(23)16-10-9-12-5-2-4-8-15(12)21-16/h1-10,17H,11H2,(H,22,23)(H,24,25)/t17-/m0/s1. The second kappa shape index (κ2) is 7.32. The molecule has 6 heteroatoms. The van der Waals surface area contributed by atoms with E-state index in [9.17, 15) is 14.7 Å². The summed E-state index contributed by atoms with van der Waals surface area (Å²) in [5.74, 6) is -1.67. The second-order valence-corrected chi connectivity index (χ2v) is 5.96. The van der Waals surface area contributed by atoms with Gasteiger partial charge in [-0.25, -0.2) is 9.78 Å². The molecule has 1 atom stereocenters. The maximum Gasteiger partial charge on any atom is 0.326 e. The van der Waals surface area contributed by atoms with E-state index in [1.807, 2.05) is 18.2 Å². The van der Waals surface area contributed by atoms with E-state index in [0.717, 1.165) is 5.39 Å². The number of nitrogens with zero attached hydrogens (tertiary/aromatic N) is 1. The Balaban J connectivity index is 1.80. The lowest BCUT2D eigenvalue weighted by atomic mass is 10.1. The fraction of sp³-hybridized carbons (Fsp3) is 0.105. The number of rotatable bonds is 5. The third kappa shape index (κ3) is 3.95. The van der Waals surface area contributed by atoms with E-state index in [1.165, 1.54) is 0 Å². The van der Waals surface area contributed by atoms with Crippen molar-refractivity contribution < 1.29 is 14.7 Å². The maximum absolute atomic E-state index is 12.4. The Hall–Kier alpha value is -2.92. The summed E-state index contributed by atoms with van der Waals surface area (Å²) in [5, 5.41) is 13.3. The first-order valence-electron chi connectivity index (χ1n) is 7.67. The number of para-hydroxylation sites is 1. The topological polar surface area (TPSA) is 79.3 Å². The minimum atomic E-state index is -1.13. The molecule has 0 spiro atoms. The number of hydrogen-bond donors (Lipinski definition) is 2. The lowest BCUT2D eigenvalue weighted by Gasteiger charge is -2.15. The molecule has 1 amide bonds. The summed E-state index contributed by atoms with van der Waals surface area (Å²) in [4.78, 5) is 28.2. The monoisotopic (exact) mass is 354 g/mol. The number of benzene rings is 2. The van der Waals surface area contributed by atoms with Crippen LogP contribution < -0.4 is 5.32 Å². The summed E-state index contributed by atoms with van der Waals surface area (Å²) in [6.45, 7) is 0. The first-order chi connectivity index (χ1) is 12.0. The number of nitrogens with one attached hydrogen (secondary N) is 1. The molecule has 25 heavy (non-hydrogen) atoms. The van der Waals surface area contributed by atoms with E-state index in [-0.39, 0.29) is 12.1 Å². The Labute approximate surface area is 149 Å². The number of aliphatic carboxylic acids is 1. The molecule has 2 aromatic carbocycles. The fourth-order valence-electron chi connectivity index (χ4n) is 2.51. The number of pyridine rings is 1. The Kier molecular flexibility index (Phi) is 4.95. The molecule has 0 unspecified atom stereocenters. The van der Waals surface area contributed by atoms with Crippen LogP contribution >= 0.6 is 11.6 Å². The van der Waals surface area contributed by atoms with Crippen LogP contribution in [-0.4, -0.2) is 28.0 Å². The van der Waals surface area contributed by atoms with Gasteiger partial charge >= 0.3 is 5.97 Å². The van der Waals surface area contributed by atoms with Crippen molar-refractivity contribution in [1.29, 1.82) is 0 Å². The highest BCUT2D eigenvalue weighted by Crippen LogP contribution is 2.17. The van der Waals surface area contributed by atoms with Crippen LogP contribution in [0.5, 0.6) is 0 Å². The van der Waals surface area contributed by atoms with Gasteiger partial charge in [-0.1, -0.05) is 54.1 Å². The van der Waals surface area contributed by atoms with E-state index in [0.29, 0.717) is 16.1 Å². The van der Waals surface area contributed by atoms with Gasteiger partial charge < -0.3 is 10.4 Å². The lowest BCUT2D eigenvalue weighted by molar-refractivity contribution is -0.139. The second-order valence-electron chi connectivity index (χ2n) is 5.55. The van der Waals surface area contributed by atoms with E-state index in [1.54, 1.807) is 42.5 Å². The Morgan fingerprint density at radius 2 is 1.76 bits per heavy atom. The van der Waals surface area contributed by atoms with Crippen LogP contribution in [0.4, 0.5) is 0 Å². The van der Waals surface area contributed by atoms with Crippen LogP contribution in [-0.2, 0) is 11.2 Å². The quantitative estimate of drug-likeness (QED) is 0.736. The Morgan fingerprint density at radius 3 is 2.52 bits per heavy atom. The molecule has 3 aromatic rings. The first kappa shape index (κ1) is 16.9. The van der Waals surface area contributed by atoms with Crippen molar-refractivity contribution in [2.24, 2.45) is 0 Å².